The average Bonchev–Trinajstić information content (AvgIpc) is 2.99. The Labute approximate surface area is 230 Å². The lowest BCUT2D eigenvalue weighted by Crippen LogP contribution is -2.55. The zero-order valence-electron chi connectivity index (χ0n) is 21.5. The first-order chi connectivity index (χ1) is 19.2. The van der Waals surface area contributed by atoms with E-state index >= 15 is 0 Å². The molecule has 2 saturated heterocycles. The van der Waals surface area contributed by atoms with E-state index in [9.17, 15) is 40.9 Å². The number of benzene rings is 3. The van der Waals surface area contributed by atoms with Crippen LogP contribution in [0.3, 0.4) is 0 Å². The first-order valence-corrected chi connectivity index (χ1v) is 13.1. The molecule has 40 heavy (non-hydrogen) atoms. The molecule has 0 amide bonds. The van der Waals surface area contributed by atoms with Crippen LogP contribution in [0.15, 0.2) is 72.8 Å². The highest BCUT2D eigenvalue weighted by Gasteiger charge is 2.45. The summed E-state index contributed by atoms with van der Waals surface area (Å²) < 4.78 is 11.4. The van der Waals surface area contributed by atoms with E-state index in [4.69, 9.17) is 9.47 Å². The lowest BCUT2D eigenvalue weighted by molar-refractivity contribution is -0.231. The van der Waals surface area contributed by atoms with E-state index in [1.54, 1.807) is 24.3 Å². The number of aliphatic hydroxyl groups is 8. The molecule has 0 bridgehead atoms. The van der Waals surface area contributed by atoms with Gasteiger partial charge in [-0.15, -0.1) is 0 Å². The van der Waals surface area contributed by atoms with Crippen LogP contribution in [-0.4, -0.2) is 103 Å². The molecule has 2 aliphatic heterocycles. The minimum Gasteiger partial charge on any atom is -0.394 e. The minimum absolute atomic E-state index is 0.500. The Bertz CT molecular complexity index is 1180. The predicted molar refractivity (Wildman–Crippen MR) is 143 cm³/mol. The fourth-order valence-electron chi connectivity index (χ4n) is 5.40. The summed E-state index contributed by atoms with van der Waals surface area (Å²) in [7, 11) is 0. The van der Waals surface area contributed by atoms with Crippen LogP contribution in [0.25, 0.3) is 22.3 Å². The molecule has 0 aliphatic carbocycles. The Hall–Kier alpha value is -2.74. The molecule has 2 aliphatic rings. The number of ether oxygens (including phenoxy) is 2. The third-order valence-corrected chi connectivity index (χ3v) is 7.77. The van der Waals surface area contributed by atoms with Crippen molar-refractivity contribution in [1.82, 2.24) is 0 Å². The SMILES string of the molecule is OC[C@H]1O[C@H](c2cccc(-c3ccc(-c4cccc(C5O[C@H](CO)[C@@H](O)[C@H](O)[C@@H]5O)c4)cc3)c2)[C@@H](O)[C@@H](O)[C@@H]1O. The van der Waals surface area contributed by atoms with Crippen molar-refractivity contribution in [3.63, 3.8) is 0 Å². The van der Waals surface area contributed by atoms with Crippen LogP contribution >= 0.6 is 0 Å². The summed E-state index contributed by atoms with van der Waals surface area (Å²) in [6.07, 6.45) is -12.4. The minimum atomic E-state index is -1.46. The van der Waals surface area contributed by atoms with Gasteiger partial charge in [0.15, 0.2) is 0 Å². The van der Waals surface area contributed by atoms with E-state index in [1.165, 1.54) is 0 Å². The quantitative estimate of drug-likeness (QED) is 0.207. The van der Waals surface area contributed by atoms with Crippen molar-refractivity contribution < 1.29 is 50.3 Å². The van der Waals surface area contributed by atoms with E-state index < -0.39 is 74.3 Å². The highest BCUT2D eigenvalue weighted by Crippen LogP contribution is 2.36. The van der Waals surface area contributed by atoms with Gasteiger partial charge in [0.2, 0.25) is 0 Å². The number of rotatable bonds is 6. The van der Waals surface area contributed by atoms with Crippen LogP contribution in [-0.2, 0) is 9.47 Å². The van der Waals surface area contributed by atoms with Crippen LogP contribution in [0.5, 0.6) is 0 Å². The van der Waals surface area contributed by atoms with Crippen LogP contribution in [0, 0.1) is 0 Å². The van der Waals surface area contributed by atoms with Gasteiger partial charge in [-0.3, -0.25) is 0 Å². The standard InChI is InChI=1S/C30H34O10/c31-13-21-23(33)25(35)27(37)29(39-21)19-5-1-3-17(11-19)15-7-9-16(10-8-15)18-4-2-6-20(12-18)30-28(38)26(36)24(34)22(14-32)40-30/h1-12,21-38H,13-14H2/t21-,22-,23-,24-,25+,26+,27+,28+,29-,30?/m1/s1. The highest BCUT2D eigenvalue weighted by molar-refractivity contribution is 5.71. The van der Waals surface area contributed by atoms with Crippen molar-refractivity contribution in [3.05, 3.63) is 83.9 Å². The Balaban J connectivity index is 1.36. The molecule has 1 unspecified atom stereocenters. The molecule has 0 saturated carbocycles. The second-order valence-electron chi connectivity index (χ2n) is 10.3. The molecular formula is C30H34O10. The van der Waals surface area contributed by atoms with E-state index in [1.807, 2.05) is 48.5 Å². The van der Waals surface area contributed by atoms with E-state index in [-0.39, 0.29) is 0 Å². The lowest BCUT2D eigenvalue weighted by Gasteiger charge is -2.40. The summed E-state index contributed by atoms with van der Waals surface area (Å²) in [5.74, 6) is 0. The Morgan fingerprint density at radius 1 is 0.450 bits per heavy atom. The molecule has 8 N–H and O–H groups in total. The fourth-order valence-corrected chi connectivity index (χ4v) is 5.40. The van der Waals surface area contributed by atoms with Gasteiger partial charge in [0, 0.05) is 0 Å². The second-order valence-corrected chi connectivity index (χ2v) is 10.3. The molecule has 0 aromatic heterocycles. The summed E-state index contributed by atoms with van der Waals surface area (Å²) in [4.78, 5) is 0. The maximum Gasteiger partial charge on any atom is 0.113 e. The number of hydrogen-bond donors (Lipinski definition) is 8. The third kappa shape index (κ3) is 5.44. The molecule has 0 radical (unpaired) electrons. The fraction of sp³-hybridized carbons (Fsp3) is 0.400. The van der Waals surface area contributed by atoms with Gasteiger partial charge in [-0.05, 0) is 45.5 Å². The van der Waals surface area contributed by atoms with Crippen molar-refractivity contribution in [2.24, 2.45) is 0 Å². The van der Waals surface area contributed by atoms with Gasteiger partial charge < -0.3 is 50.3 Å². The molecule has 10 nitrogen and oxygen atoms in total. The van der Waals surface area contributed by atoms with E-state index in [2.05, 4.69) is 0 Å². The van der Waals surface area contributed by atoms with Gasteiger partial charge in [0.1, 0.15) is 61.0 Å². The Morgan fingerprint density at radius 3 is 1.18 bits per heavy atom. The maximum absolute atomic E-state index is 10.5. The normalized spacial score (nSPS) is 34.5. The third-order valence-electron chi connectivity index (χ3n) is 7.77. The summed E-state index contributed by atoms with van der Waals surface area (Å²) in [5.41, 5.74) is 4.59. The Kier molecular flexibility index (Phi) is 8.64. The van der Waals surface area contributed by atoms with Crippen LogP contribution < -0.4 is 0 Å². The van der Waals surface area contributed by atoms with Gasteiger partial charge in [0.25, 0.3) is 0 Å². The highest BCUT2D eigenvalue weighted by atomic mass is 16.6. The van der Waals surface area contributed by atoms with Gasteiger partial charge >= 0.3 is 0 Å². The summed E-state index contributed by atoms with van der Waals surface area (Å²) in [5, 5.41) is 80.5. The van der Waals surface area contributed by atoms with Crippen LogP contribution in [0.2, 0.25) is 0 Å². The molecular weight excluding hydrogens is 520 g/mol. The zero-order valence-corrected chi connectivity index (χ0v) is 21.5. The van der Waals surface area contributed by atoms with E-state index in [0.717, 1.165) is 22.3 Å². The second kappa shape index (κ2) is 12.0. The van der Waals surface area contributed by atoms with Gasteiger partial charge in [-0.25, -0.2) is 0 Å². The largest absolute Gasteiger partial charge is 0.394 e. The first kappa shape index (κ1) is 28.8. The van der Waals surface area contributed by atoms with Gasteiger partial charge in [-0.2, -0.15) is 0 Å². The topological polar surface area (TPSA) is 180 Å². The predicted octanol–water partition coefficient (Wildman–Crippen LogP) is 0.0504. The van der Waals surface area contributed by atoms with Gasteiger partial charge in [-0.1, -0.05) is 60.7 Å². The molecule has 3 aromatic rings. The van der Waals surface area contributed by atoms with Crippen molar-refractivity contribution in [3.8, 4) is 22.3 Å². The van der Waals surface area contributed by atoms with Crippen molar-refractivity contribution in [2.45, 2.75) is 61.0 Å². The molecule has 10 atom stereocenters. The molecule has 214 valence electrons. The van der Waals surface area contributed by atoms with Gasteiger partial charge in [0.05, 0.1) is 13.2 Å². The smallest absolute Gasteiger partial charge is 0.113 e. The molecule has 2 fully saturated rings. The Morgan fingerprint density at radius 2 is 0.825 bits per heavy atom. The summed E-state index contributed by atoms with van der Waals surface area (Å²) in [6.45, 7) is -1.000. The van der Waals surface area contributed by atoms with Crippen molar-refractivity contribution in [1.29, 1.82) is 0 Å². The average molecular weight is 555 g/mol. The number of aliphatic hydroxyl groups excluding tert-OH is 8. The molecule has 5 rings (SSSR count). The monoisotopic (exact) mass is 554 g/mol. The summed E-state index contributed by atoms with van der Waals surface area (Å²) in [6, 6.07) is 22.2. The van der Waals surface area contributed by atoms with Crippen LogP contribution in [0.4, 0.5) is 0 Å². The number of hydrogen-bond acceptors (Lipinski definition) is 10. The van der Waals surface area contributed by atoms with Crippen molar-refractivity contribution in [2.75, 3.05) is 13.2 Å². The molecule has 0 spiro atoms. The summed E-state index contributed by atoms with van der Waals surface area (Å²) >= 11 is 0. The molecule has 2 heterocycles. The molecule has 10 heteroatoms. The zero-order chi connectivity index (χ0) is 28.6. The van der Waals surface area contributed by atoms with Crippen LogP contribution in [0.1, 0.15) is 23.3 Å². The van der Waals surface area contributed by atoms with E-state index in [0.29, 0.717) is 11.1 Å². The maximum atomic E-state index is 10.5. The van der Waals surface area contributed by atoms with Crippen molar-refractivity contribution >= 4 is 0 Å². The first-order valence-electron chi connectivity index (χ1n) is 13.1. The lowest BCUT2D eigenvalue weighted by atomic mass is 9.89. The molecule has 3 aromatic carbocycles.